The standard InChI is InChI=1S/C12H15N3S/c1-9(11-6-4-3-5-7-11)8-13-12-14-10(2)15-16-12/h3-7,9H,8H2,1-2H3,(H,13,14,15). The fourth-order valence-electron chi connectivity index (χ4n) is 1.51. The van der Waals surface area contributed by atoms with Gasteiger partial charge >= 0.3 is 0 Å². The van der Waals surface area contributed by atoms with Crippen molar-refractivity contribution in [2.24, 2.45) is 0 Å². The molecule has 0 radical (unpaired) electrons. The van der Waals surface area contributed by atoms with Gasteiger partial charge in [-0.15, -0.1) is 0 Å². The molecule has 0 aliphatic carbocycles. The lowest BCUT2D eigenvalue weighted by Gasteiger charge is -2.11. The lowest BCUT2D eigenvalue weighted by Crippen LogP contribution is -2.09. The van der Waals surface area contributed by atoms with E-state index >= 15 is 0 Å². The van der Waals surface area contributed by atoms with Crippen LogP contribution in [-0.2, 0) is 0 Å². The highest BCUT2D eigenvalue weighted by atomic mass is 32.1. The van der Waals surface area contributed by atoms with Gasteiger partial charge in [-0.3, -0.25) is 0 Å². The van der Waals surface area contributed by atoms with Gasteiger partial charge in [0.05, 0.1) is 0 Å². The molecule has 1 unspecified atom stereocenters. The Hall–Kier alpha value is -1.42. The van der Waals surface area contributed by atoms with Crippen molar-refractivity contribution in [1.82, 2.24) is 9.36 Å². The molecule has 0 aliphatic rings. The van der Waals surface area contributed by atoms with Crippen molar-refractivity contribution in [1.29, 1.82) is 0 Å². The van der Waals surface area contributed by atoms with E-state index in [4.69, 9.17) is 0 Å². The number of rotatable bonds is 4. The Kier molecular flexibility index (Phi) is 3.51. The van der Waals surface area contributed by atoms with Crippen LogP contribution in [0, 0.1) is 6.92 Å². The zero-order valence-electron chi connectivity index (χ0n) is 9.47. The Morgan fingerprint density at radius 1 is 1.31 bits per heavy atom. The van der Waals surface area contributed by atoms with Crippen molar-refractivity contribution in [2.75, 3.05) is 11.9 Å². The molecule has 1 N–H and O–H groups in total. The number of nitrogens with zero attached hydrogens (tertiary/aromatic N) is 2. The Morgan fingerprint density at radius 2 is 2.06 bits per heavy atom. The van der Waals surface area contributed by atoms with Gasteiger partial charge in [0.1, 0.15) is 5.82 Å². The molecule has 0 saturated heterocycles. The molecule has 0 fully saturated rings. The quantitative estimate of drug-likeness (QED) is 0.882. The van der Waals surface area contributed by atoms with Crippen molar-refractivity contribution in [3.8, 4) is 0 Å². The van der Waals surface area contributed by atoms with Gasteiger partial charge in [-0.1, -0.05) is 37.3 Å². The third kappa shape index (κ3) is 2.79. The predicted octanol–water partition coefficient (Wildman–Crippen LogP) is 3.06. The van der Waals surface area contributed by atoms with Crippen LogP contribution in [0.15, 0.2) is 30.3 Å². The van der Waals surface area contributed by atoms with E-state index in [9.17, 15) is 0 Å². The summed E-state index contributed by atoms with van der Waals surface area (Å²) < 4.78 is 4.14. The molecular formula is C12H15N3S. The Balaban J connectivity index is 1.91. The second kappa shape index (κ2) is 5.07. The molecule has 1 heterocycles. The summed E-state index contributed by atoms with van der Waals surface area (Å²) in [5, 5.41) is 4.21. The Morgan fingerprint density at radius 3 is 2.69 bits per heavy atom. The molecule has 0 spiro atoms. The van der Waals surface area contributed by atoms with E-state index in [1.54, 1.807) is 0 Å². The van der Waals surface area contributed by atoms with Gasteiger partial charge in [0.25, 0.3) is 0 Å². The Bertz CT molecular complexity index is 439. The highest BCUT2D eigenvalue weighted by Crippen LogP contribution is 2.16. The molecule has 0 aliphatic heterocycles. The van der Waals surface area contributed by atoms with Crippen LogP contribution < -0.4 is 5.32 Å². The van der Waals surface area contributed by atoms with E-state index in [-0.39, 0.29) is 0 Å². The van der Waals surface area contributed by atoms with Crippen molar-refractivity contribution in [3.05, 3.63) is 41.7 Å². The summed E-state index contributed by atoms with van der Waals surface area (Å²) in [6.07, 6.45) is 0. The van der Waals surface area contributed by atoms with Gasteiger partial charge in [-0.25, -0.2) is 4.98 Å². The van der Waals surface area contributed by atoms with E-state index in [0.717, 1.165) is 17.5 Å². The normalized spacial score (nSPS) is 12.4. The highest BCUT2D eigenvalue weighted by molar-refractivity contribution is 7.09. The van der Waals surface area contributed by atoms with Crippen LogP contribution in [-0.4, -0.2) is 15.9 Å². The van der Waals surface area contributed by atoms with Crippen LogP contribution in [0.4, 0.5) is 5.13 Å². The van der Waals surface area contributed by atoms with E-state index in [2.05, 4.69) is 45.9 Å². The van der Waals surface area contributed by atoms with Crippen LogP contribution in [0.2, 0.25) is 0 Å². The maximum atomic E-state index is 4.27. The largest absolute Gasteiger partial charge is 0.360 e. The number of benzene rings is 1. The fourth-order valence-corrected chi connectivity index (χ4v) is 2.09. The summed E-state index contributed by atoms with van der Waals surface area (Å²) in [6.45, 7) is 5.00. The van der Waals surface area contributed by atoms with E-state index in [1.165, 1.54) is 17.1 Å². The molecule has 1 aromatic heterocycles. The Labute approximate surface area is 99.7 Å². The minimum absolute atomic E-state index is 0.477. The first-order valence-corrected chi connectivity index (χ1v) is 6.12. The number of nitrogens with one attached hydrogen (secondary N) is 1. The molecular weight excluding hydrogens is 218 g/mol. The molecule has 0 amide bonds. The lowest BCUT2D eigenvalue weighted by atomic mass is 10.0. The first kappa shape index (κ1) is 11.1. The molecule has 2 rings (SSSR count). The molecule has 1 aromatic carbocycles. The average Bonchev–Trinajstić information content (AvgIpc) is 2.73. The second-order valence-electron chi connectivity index (χ2n) is 3.84. The van der Waals surface area contributed by atoms with Crippen molar-refractivity contribution in [2.45, 2.75) is 19.8 Å². The fraction of sp³-hybridized carbons (Fsp3) is 0.333. The van der Waals surface area contributed by atoms with Crippen molar-refractivity contribution >= 4 is 16.7 Å². The minimum Gasteiger partial charge on any atom is -0.360 e. The molecule has 1 atom stereocenters. The summed E-state index contributed by atoms with van der Waals surface area (Å²) in [5.74, 6) is 1.31. The summed E-state index contributed by atoms with van der Waals surface area (Å²) in [6, 6.07) is 10.5. The number of aryl methyl sites for hydroxylation is 1. The monoisotopic (exact) mass is 233 g/mol. The smallest absolute Gasteiger partial charge is 0.202 e. The highest BCUT2D eigenvalue weighted by Gasteiger charge is 2.06. The molecule has 3 nitrogen and oxygen atoms in total. The number of aromatic nitrogens is 2. The van der Waals surface area contributed by atoms with Crippen molar-refractivity contribution < 1.29 is 0 Å². The topological polar surface area (TPSA) is 37.8 Å². The first-order chi connectivity index (χ1) is 7.75. The maximum absolute atomic E-state index is 4.27. The van der Waals surface area contributed by atoms with Crippen LogP contribution in [0.3, 0.4) is 0 Å². The predicted molar refractivity (Wildman–Crippen MR) is 68.0 cm³/mol. The minimum atomic E-state index is 0.477. The summed E-state index contributed by atoms with van der Waals surface area (Å²) in [5.41, 5.74) is 1.34. The maximum Gasteiger partial charge on any atom is 0.202 e. The lowest BCUT2D eigenvalue weighted by molar-refractivity contribution is 0.803. The SMILES string of the molecule is Cc1nsc(NCC(C)c2ccccc2)n1. The second-order valence-corrected chi connectivity index (χ2v) is 4.59. The van der Waals surface area contributed by atoms with E-state index < -0.39 is 0 Å². The molecule has 2 aromatic rings. The van der Waals surface area contributed by atoms with Gasteiger partial charge in [0.15, 0.2) is 0 Å². The van der Waals surface area contributed by atoms with Crippen LogP contribution in [0.25, 0.3) is 0 Å². The van der Waals surface area contributed by atoms with Gasteiger partial charge in [-0.2, -0.15) is 4.37 Å². The van der Waals surface area contributed by atoms with Gasteiger partial charge in [0.2, 0.25) is 5.13 Å². The molecule has 0 saturated carbocycles. The van der Waals surface area contributed by atoms with Crippen LogP contribution in [0.5, 0.6) is 0 Å². The zero-order valence-corrected chi connectivity index (χ0v) is 10.3. The third-order valence-corrected chi connectivity index (χ3v) is 3.22. The van der Waals surface area contributed by atoms with E-state index in [0.29, 0.717) is 5.92 Å². The molecule has 0 bridgehead atoms. The number of hydrogen-bond acceptors (Lipinski definition) is 4. The zero-order chi connectivity index (χ0) is 11.4. The average molecular weight is 233 g/mol. The van der Waals surface area contributed by atoms with E-state index in [1.807, 2.05) is 13.0 Å². The summed E-state index contributed by atoms with van der Waals surface area (Å²) >= 11 is 1.41. The van der Waals surface area contributed by atoms with Crippen LogP contribution in [0.1, 0.15) is 24.2 Å². The molecule has 16 heavy (non-hydrogen) atoms. The number of hydrogen-bond donors (Lipinski definition) is 1. The summed E-state index contributed by atoms with van der Waals surface area (Å²) in [7, 11) is 0. The van der Waals surface area contributed by atoms with Crippen LogP contribution >= 0.6 is 11.5 Å². The molecule has 4 heteroatoms. The van der Waals surface area contributed by atoms with Gasteiger partial charge < -0.3 is 5.32 Å². The van der Waals surface area contributed by atoms with Crippen molar-refractivity contribution in [3.63, 3.8) is 0 Å². The van der Waals surface area contributed by atoms with Gasteiger partial charge in [0, 0.05) is 18.1 Å². The number of anilines is 1. The first-order valence-electron chi connectivity index (χ1n) is 5.35. The molecule has 84 valence electrons. The summed E-state index contributed by atoms with van der Waals surface area (Å²) in [4.78, 5) is 4.27. The third-order valence-electron chi connectivity index (χ3n) is 2.46. The van der Waals surface area contributed by atoms with Gasteiger partial charge in [-0.05, 0) is 18.4 Å².